The number of aromatic nitrogens is 4. The summed E-state index contributed by atoms with van der Waals surface area (Å²) in [6.07, 6.45) is 5.77. The first-order chi connectivity index (χ1) is 15.8. The molecule has 4 aromatic heterocycles. The molecule has 1 unspecified atom stereocenters. The van der Waals surface area contributed by atoms with Crippen molar-refractivity contribution in [2.45, 2.75) is 51.8 Å². The van der Waals surface area contributed by atoms with Crippen molar-refractivity contribution in [1.82, 2.24) is 24.2 Å². The Bertz CT molecular complexity index is 1390. The zero-order valence-corrected chi connectivity index (χ0v) is 19.0. The van der Waals surface area contributed by atoms with Gasteiger partial charge in [0.1, 0.15) is 17.3 Å². The maximum Gasteiger partial charge on any atom is 0.292 e. The Kier molecular flexibility index (Phi) is 5.08. The minimum Gasteiger partial charge on any atom is -0.459 e. The van der Waals surface area contributed by atoms with Gasteiger partial charge in [0.25, 0.3) is 5.56 Å². The minimum absolute atomic E-state index is 0.185. The number of carbonyl (C=O) groups is 1. The maximum absolute atomic E-state index is 13.4. The van der Waals surface area contributed by atoms with Gasteiger partial charge in [-0.1, -0.05) is 0 Å². The third-order valence-electron chi connectivity index (χ3n) is 6.78. The van der Waals surface area contributed by atoms with Crippen LogP contribution < -0.4 is 5.56 Å². The van der Waals surface area contributed by atoms with Crippen molar-refractivity contribution in [2.75, 3.05) is 13.1 Å². The second-order valence-electron chi connectivity index (χ2n) is 8.74. The summed E-state index contributed by atoms with van der Waals surface area (Å²) >= 11 is 0. The van der Waals surface area contributed by atoms with Gasteiger partial charge >= 0.3 is 0 Å². The van der Waals surface area contributed by atoms with E-state index in [2.05, 4.69) is 10.1 Å². The predicted molar refractivity (Wildman–Crippen MR) is 123 cm³/mol. The highest BCUT2D eigenvalue weighted by atomic mass is 16.3. The van der Waals surface area contributed by atoms with Crippen LogP contribution in [0, 0.1) is 6.92 Å². The Labute approximate surface area is 190 Å². The largest absolute Gasteiger partial charge is 0.459 e. The van der Waals surface area contributed by atoms with Crippen LogP contribution in [0.25, 0.3) is 22.0 Å². The van der Waals surface area contributed by atoms with E-state index in [0.29, 0.717) is 49.0 Å². The second-order valence-corrected chi connectivity index (χ2v) is 8.74. The molecule has 9 nitrogen and oxygen atoms in total. The van der Waals surface area contributed by atoms with Gasteiger partial charge in [0.15, 0.2) is 5.58 Å². The van der Waals surface area contributed by atoms with E-state index in [1.54, 1.807) is 42.5 Å². The number of aliphatic hydroxyl groups is 1. The summed E-state index contributed by atoms with van der Waals surface area (Å²) in [5.41, 5.74) is 1.50. The molecule has 1 saturated heterocycles. The van der Waals surface area contributed by atoms with Crippen LogP contribution in [0.4, 0.5) is 0 Å². The monoisotopic (exact) mass is 449 g/mol. The maximum atomic E-state index is 13.4. The number of aryl methyl sites for hydroxylation is 2. The number of hydrogen-bond donors (Lipinski definition) is 1. The third kappa shape index (κ3) is 3.34. The van der Waals surface area contributed by atoms with Gasteiger partial charge in [-0.15, -0.1) is 0 Å². The average Bonchev–Trinajstić information content (AvgIpc) is 3.34. The zero-order valence-electron chi connectivity index (χ0n) is 19.0. The van der Waals surface area contributed by atoms with Crippen molar-refractivity contribution < 1.29 is 14.3 Å². The number of amides is 1. The highest BCUT2D eigenvalue weighted by Gasteiger charge is 2.37. The molecule has 9 heteroatoms. The molecular formula is C24H27N5O4. The minimum atomic E-state index is -0.981. The SMILES string of the molecule is CCn1c2cc(C)oc2c2cnn(C(C)C(=O)N3CCC(O)(c4ccncc4)CC3)c(=O)c21. The number of rotatable bonds is 4. The van der Waals surface area contributed by atoms with Gasteiger partial charge in [-0.2, -0.15) is 5.10 Å². The van der Waals surface area contributed by atoms with Crippen LogP contribution in [0.1, 0.15) is 44.1 Å². The van der Waals surface area contributed by atoms with E-state index >= 15 is 0 Å². The van der Waals surface area contributed by atoms with E-state index in [-0.39, 0.29) is 11.5 Å². The van der Waals surface area contributed by atoms with E-state index in [1.807, 2.05) is 24.5 Å². The lowest BCUT2D eigenvalue weighted by Crippen LogP contribution is -2.48. The molecule has 1 N–H and O–H groups in total. The number of pyridine rings is 1. The molecule has 1 aliphatic rings. The van der Waals surface area contributed by atoms with E-state index in [1.165, 1.54) is 4.68 Å². The molecule has 0 radical (unpaired) electrons. The number of furan rings is 1. The van der Waals surface area contributed by atoms with Crippen LogP contribution in [0.5, 0.6) is 0 Å². The van der Waals surface area contributed by atoms with Gasteiger partial charge in [0.05, 0.1) is 22.7 Å². The van der Waals surface area contributed by atoms with Crippen molar-refractivity contribution in [3.63, 3.8) is 0 Å². The summed E-state index contributed by atoms with van der Waals surface area (Å²) < 4.78 is 8.97. The molecule has 5 heterocycles. The highest BCUT2D eigenvalue weighted by molar-refractivity contribution is 6.04. The molecule has 0 aromatic carbocycles. The van der Waals surface area contributed by atoms with Gasteiger partial charge in [-0.05, 0) is 51.3 Å². The van der Waals surface area contributed by atoms with Crippen LogP contribution in [0.15, 0.2) is 46.0 Å². The molecule has 1 atom stereocenters. The van der Waals surface area contributed by atoms with Crippen molar-refractivity contribution in [1.29, 1.82) is 0 Å². The molecule has 0 aliphatic carbocycles. The Morgan fingerprint density at radius 1 is 1.27 bits per heavy atom. The fourth-order valence-electron chi connectivity index (χ4n) is 4.92. The lowest BCUT2D eigenvalue weighted by Gasteiger charge is -2.39. The van der Waals surface area contributed by atoms with Crippen molar-refractivity contribution in [3.05, 3.63) is 58.5 Å². The molecule has 5 rings (SSSR count). The number of nitrogens with zero attached hydrogens (tertiary/aromatic N) is 5. The second kappa shape index (κ2) is 7.84. The summed E-state index contributed by atoms with van der Waals surface area (Å²) in [7, 11) is 0. The molecular weight excluding hydrogens is 422 g/mol. The number of piperidine rings is 1. The van der Waals surface area contributed by atoms with E-state index < -0.39 is 11.6 Å². The van der Waals surface area contributed by atoms with Gasteiger partial charge in [0, 0.05) is 38.1 Å². The number of carbonyl (C=O) groups excluding carboxylic acids is 1. The molecule has 0 bridgehead atoms. The summed E-state index contributed by atoms with van der Waals surface area (Å²) in [6, 6.07) is 4.76. The van der Waals surface area contributed by atoms with Crippen LogP contribution in [-0.4, -0.2) is 48.3 Å². The summed E-state index contributed by atoms with van der Waals surface area (Å²) in [4.78, 5) is 32.4. The van der Waals surface area contributed by atoms with Crippen molar-refractivity contribution >= 4 is 27.9 Å². The molecule has 1 aliphatic heterocycles. The summed E-state index contributed by atoms with van der Waals surface area (Å²) in [5.74, 6) is 0.587. The molecule has 4 aromatic rings. The smallest absolute Gasteiger partial charge is 0.292 e. The molecule has 172 valence electrons. The van der Waals surface area contributed by atoms with Crippen molar-refractivity contribution in [2.24, 2.45) is 0 Å². The highest BCUT2D eigenvalue weighted by Crippen LogP contribution is 2.33. The van der Waals surface area contributed by atoms with Crippen LogP contribution in [0.3, 0.4) is 0 Å². The van der Waals surface area contributed by atoms with E-state index in [4.69, 9.17) is 4.42 Å². The first kappa shape index (κ1) is 21.4. The molecule has 33 heavy (non-hydrogen) atoms. The Balaban J connectivity index is 1.42. The standard InChI is InChI=1S/C24H27N5O4/c1-4-28-19-13-15(2)33-21(19)18-14-26-29(23(31)20(18)28)16(3)22(30)27-11-7-24(32,8-12-27)17-5-9-25-10-6-17/h5-6,9-10,13-14,16,32H,4,7-8,11-12H2,1-3H3. The first-order valence-electron chi connectivity index (χ1n) is 11.3. The lowest BCUT2D eigenvalue weighted by atomic mass is 9.85. The first-order valence-corrected chi connectivity index (χ1v) is 11.3. The Morgan fingerprint density at radius 2 is 1.97 bits per heavy atom. The topological polar surface area (TPSA) is 106 Å². The van der Waals surface area contributed by atoms with Crippen molar-refractivity contribution in [3.8, 4) is 0 Å². The van der Waals surface area contributed by atoms with Gasteiger partial charge < -0.3 is 19.0 Å². The summed E-state index contributed by atoms with van der Waals surface area (Å²) in [5, 5.41) is 16.0. The Morgan fingerprint density at radius 3 is 2.64 bits per heavy atom. The fraction of sp³-hybridized carbons (Fsp3) is 0.417. The van der Waals surface area contributed by atoms with Crippen LogP contribution in [-0.2, 0) is 16.9 Å². The number of likely N-dealkylation sites (tertiary alicyclic amines) is 1. The molecule has 0 saturated carbocycles. The quantitative estimate of drug-likeness (QED) is 0.514. The van der Waals surface area contributed by atoms with Crippen LogP contribution in [0.2, 0.25) is 0 Å². The fourth-order valence-corrected chi connectivity index (χ4v) is 4.92. The average molecular weight is 450 g/mol. The third-order valence-corrected chi connectivity index (χ3v) is 6.78. The van der Waals surface area contributed by atoms with Gasteiger partial charge in [-0.3, -0.25) is 14.6 Å². The number of hydrogen-bond acceptors (Lipinski definition) is 6. The zero-order chi connectivity index (χ0) is 23.3. The van der Waals surface area contributed by atoms with E-state index in [0.717, 1.165) is 16.8 Å². The Hall–Kier alpha value is -3.46. The molecule has 0 spiro atoms. The summed E-state index contributed by atoms with van der Waals surface area (Å²) in [6.45, 7) is 6.93. The predicted octanol–water partition coefficient (Wildman–Crippen LogP) is 2.74. The number of fused-ring (bicyclic) bond motifs is 3. The normalized spacial score (nSPS) is 17.0. The van der Waals surface area contributed by atoms with Gasteiger partial charge in [-0.25, -0.2) is 4.68 Å². The van der Waals surface area contributed by atoms with Gasteiger partial charge in [0.2, 0.25) is 5.91 Å². The molecule has 1 fully saturated rings. The van der Waals surface area contributed by atoms with E-state index in [9.17, 15) is 14.7 Å². The lowest BCUT2D eigenvalue weighted by molar-refractivity contribution is -0.139. The van der Waals surface area contributed by atoms with Crippen LogP contribution >= 0.6 is 0 Å². The molecule has 1 amide bonds.